The van der Waals surface area contributed by atoms with E-state index >= 15 is 0 Å². The summed E-state index contributed by atoms with van der Waals surface area (Å²) in [7, 11) is 4.52. The van der Waals surface area contributed by atoms with Gasteiger partial charge in [-0.2, -0.15) is 0 Å². The van der Waals surface area contributed by atoms with E-state index < -0.39 is 17.2 Å². The Hall–Kier alpha value is -4.02. The number of aryl methyl sites for hydroxylation is 1. The molecule has 11 nitrogen and oxygen atoms in total. The summed E-state index contributed by atoms with van der Waals surface area (Å²) < 4.78 is 9.05. The number of hydrogen-bond acceptors (Lipinski definition) is 7. The summed E-state index contributed by atoms with van der Waals surface area (Å²) >= 11 is 0. The number of allylic oxidation sites excluding steroid dienone is 4. The maximum absolute atomic E-state index is 12.5. The lowest BCUT2D eigenvalue weighted by Gasteiger charge is -2.14. The molecule has 0 saturated heterocycles. The number of anilines is 1. The molecule has 0 bridgehead atoms. The number of aromatic nitrogens is 6. The lowest BCUT2D eigenvalue weighted by Crippen LogP contribution is -2.37. The molecule has 4 rings (SSSR count). The number of rotatable bonds is 5. The van der Waals surface area contributed by atoms with Crippen molar-refractivity contribution in [1.82, 2.24) is 28.9 Å². The normalized spacial score (nSPS) is 13.6. The topological polar surface area (TPSA) is 126 Å². The van der Waals surface area contributed by atoms with E-state index in [1.54, 1.807) is 19.2 Å². The van der Waals surface area contributed by atoms with Gasteiger partial charge < -0.3 is 14.6 Å². The highest BCUT2D eigenvalue weighted by Gasteiger charge is 2.17. The van der Waals surface area contributed by atoms with Crippen molar-refractivity contribution < 1.29 is 9.53 Å². The van der Waals surface area contributed by atoms with Gasteiger partial charge in [-0.15, -0.1) is 10.2 Å². The Balaban J connectivity index is 1.54. The average molecular weight is 423 g/mol. The second kappa shape index (κ2) is 8.01. The van der Waals surface area contributed by atoms with E-state index in [0.717, 1.165) is 28.7 Å². The monoisotopic (exact) mass is 423 g/mol. The number of fused-ring (bicyclic) bond motifs is 1. The predicted molar refractivity (Wildman–Crippen MR) is 113 cm³/mol. The summed E-state index contributed by atoms with van der Waals surface area (Å²) in [4.78, 5) is 41.1. The number of imidazole rings is 1. The van der Waals surface area contributed by atoms with Gasteiger partial charge in [0.2, 0.25) is 5.91 Å². The molecule has 0 radical (unpaired) electrons. The van der Waals surface area contributed by atoms with E-state index in [-0.39, 0.29) is 23.5 Å². The smallest absolute Gasteiger partial charge is 0.332 e. The molecule has 3 heterocycles. The minimum absolute atomic E-state index is 0.171. The fourth-order valence-electron chi connectivity index (χ4n) is 3.48. The van der Waals surface area contributed by atoms with Crippen molar-refractivity contribution in [3.8, 4) is 0 Å². The zero-order valence-electron chi connectivity index (χ0n) is 17.3. The van der Waals surface area contributed by atoms with Crippen LogP contribution in [0, 0.1) is 0 Å². The molecule has 160 valence electrons. The molecule has 1 aliphatic carbocycles. The number of carbonyl (C=O) groups is 1. The summed E-state index contributed by atoms with van der Waals surface area (Å²) in [5.74, 6) is 0.709. The highest BCUT2D eigenvalue weighted by molar-refractivity contribution is 5.90. The fraction of sp³-hybridized carbons (Fsp3) is 0.300. The molecule has 3 aromatic heterocycles. The minimum atomic E-state index is -0.518. The standard InChI is InChI=1S/C20H21N7O4/c1-25-18-17(19(29)26(2)20(25)30)27(11-21-18)10-16(28)22-15-9-8-13(23-24-15)12-6-4-5-7-14(12)31-3/h4,6,8-9,11H,5,7,10H2,1-3H3,(H,22,24,28). The second-order valence-corrected chi connectivity index (χ2v) is 7.08. The van der Waals surface area contributed by atoms with E-state index in [1.807, 2.05) is 12.2 Å². The van der Waals surface area contributed by atoms with Gasteiger partial charge in [-0.25, -0.2) is 9.78 Å². The molecule has 0 saturated carbocycles. The second-order valence-electron chi connectivity index (χ2n) is 7.08. The van der Waals surface area contributed by atoms with Crippen molar-refractivity contribution in [2.75, 3.05) is 12.4 Å². The van der Waals surface area contributed by atoms with Crippen molar-refractivity contribution in [2.45, 2.75) is 19.4 Å². The van der Waals surface area contributed by atoms with Gasteiger partial charge in [0.25, 0.3) is 5.56 Å². The molecule has 31 heavy (non-hydrogen) atoms. The average Bonchev–Trinajstić information content (AvgIpc) is 3.20. The van der Waals surface area contributed by atoms with Crippen LogP contribution in [0.25, 0.3) is 16.7 Å². The predicted octanol–water partition coefficient (Wildman–Crippen LogP) is 0.570. The quantitative estimate of drug-likeness (QED) is 0.636. The van der Waals surface area contributed by atoms with Gasteiger partial charge in [0.05, 0.1) is 19.1 Å². The first-order valence-electron chi connectivity index (χ1n) is 9.59. The molecular formula is C20H21N7O4. The SMILES string of the molecule is COC1=C(c2ccc(NC(=O)Cn3cnc4c3c(=O)n(C)c(=O)n4C)nn2)C=CCC1. The maximum atomic E-state index is 12.5. The van der Waals surface area contributed by atoms with Gasteiger partial charge in [-0.05, 0) is 18.6 Å². The lowest BCUT2D eigenvalue weighted by atomic mass is 10.0. The molecule has 0 fully saturated rings. The summed E-state index contributed by atoms with van der Waals surface area (Å²) in [5, 5.41) is 10.9. The Bertz CT molecular complexity index is 1340. The lowest BCUT2D eigenvalue weighted by molar-refractivity contribution is -0.116. The van der Waals surface area contributed by atoms with Crippen molar-refractivity contribution in [1.29, 1.82) is 0 Å². The third-order valence-corrected chi connectivity index (χ3v) is 5.11. The molecule has 0 unspecified atom stereocenters. The van der Waals surface area contributed by atoms with E-state index in [4.69, 9.17) is 4.74 Å². The van der Waals surface area contributed by atoms with Crippen LogP contribution >= 0.6 is 0 Å². The summed E-state index contributed by atoms with van der Waals surface area (Å²) in [5.41, 5.74) is 0.899. The van der Waals surface area contributed by atoms with Crippen molar-refractivity contribution >= 4 is 28.5 Å². The number of methoxy groups -OCH3 is 1. The van der Waals surface area contributed by atoms with Crippen LogP contribution in [0.4, 0.5) is 5.82 Å². The minimum Gasteiger partial charge on any atom is -0.500 e. The van der Waals surface area contributed by atoms with Crippen molar-refractivity contribution in [2.24, 2.45) is 14.1 Å². The Labute approximate surface area is 176 Å². The number of nitrogens with one attached hydrogen (secondary N) is 1. The Morgan fingerprint density at radius 3 is 2.71 bits per heavy atom. The molecule has 3 aromatic rings. The molecule has 11 heteroatoms. The first-order chi connectivity index (χ1) is 14.9. The maximum Gasteiger partial charge on any atom is 0.332 e. The van der Waals surface area contributed by atoms with Crippen molar-refractivity contribution in [3.05, 3.63) is 62.9 Å². The number of amides is 1. The van der Waals surface area contributed by atoms with E-state index in [2.05, 4.69) is 20.5 Å². The molecule has 1 N–H and O–H groups in total. The van der Waals surface area contributed by atoms with Gasteiger partial charge >= 0.3 is 5.69 Å². The van der Waals surface area contributed by atoms with Gasteiger partial charge in [-0.3, -0.25) is 18.7 Å². The van der Waals surface area contributed by atoms with Crippen LogP contribution < -0.4 is 16.6 Å². The number of carbonyl (C=O) groups excluding carboxylic acids is 1. The molecular weight excluding hydrogens is 402 g/mol. The van der Waals surface area contributed by atoms with E-state index in [9.17, 15) is 14.4 Å². The first kappa shape index (κ1) is 20.3. The molecule has 1 amide bonds. The zero-order valence-corrected chi connectivity index (χ0v) is 17.3. The number of nitrogens with zero attached hydrogens (tertiary/aromatic N) is 6. The van der Waals surface area contributed by atoms with Gasteiger partial charge in [-0.1, -0.05) is 12.2 Å². The Morgan fingerprint density at radius 2 is 2.00 bits per heavy atom. The van der Waals surface area contributed by atoms with Gasteiger partial charge in [0, 0.05) is 26.1 Å². The molecule has 0 aliphatic heterocycles. The largest absolute Gasteiger partial charge is 0.500 e. The highest BCUT2D eigenvalue weighted by Crippen LogP contribution is 2.26. The molecule has 1 aliphatic rings. The fourth-order valence-corrected chi connectivity index (χ4v) is 3.48. The first-order valence-corrected chi connectivity index (χ1v) is 9.59. The summed E-state index contributed by atoms with van der Waals surface area (Å²) in [6.07, 6.45) is 7.06. The van der Waals surface area contributed by atoms with Crippen LogP contribution in [0.15, 0.2) is 46.0 Å². The third kappa shape index (κ3) is 3.65. The van der Waals surface area contributed by atoms with Crippen molar-refractivity contribution in [3.63, 3.8) is 0 Å². The van der Waals surface area contributed by atoms with Gasteiger partial charge in [0.15, 0.2) is 17.0 Å². The Kier molecular flexibility index (Phi) is 5.24. The molecule has 0 aromatic carbocycles. The zero-order chi connectivity index (χ0) is 22.1. The number of hydrogen-bond donors (Lipinski definition) is 1. The summed E-state index contributed by atoms with van der Waals surface area (Å²) in [6.45, 7) is -0.172. The van der Waals surface area contributed by atoms with Crippen LogP contribution in [0.1, 0.15) is 18.5 Å². The molecule has 0 spiro atoms. The van der Waals surface area contributed by atoms with Crippen LogP contribution in [0.5, 0.6) is 0 Å². The van der Waals surface area contributed by atoms with Crippen LogP contribution in [0.2, 0.25) is 0 Å². The van der Waals surface area contributed by atoms with Crippen LogP contribution in [0.3, 0.4) is 0 Å². The van der Waals surface area contributed by atoms with Crippen LogP contribution in [-0.4, -0.2) is 41.9 Å². The number of ether oxygens (including phenoxy) is 1. The third-order valence-electron chi connectivity index (χ3n) is 5.11. The van der Waals surface area contributed by atoms with Crippen LogP contribution in [-0.2, 0) is 30.2 Å². The molecule has 0 atom stereocenters. The Morgan fingerprint density at radius 1 is 1.19 bits per heavy atom. The summed E-state index contributed by atoms with van der Waals surface area (Å²) in [6, 6.07) is 3.41. The van der Waals surface area contributed by atoms with E-state index in [0.29, 0.717) is 5.69 Å². The van der Waals surface area contributed by atoms with E-state index in [1.165, 1.54) is 29.6 Å². The van der Waals surface area contributed by atoms with Gasteiger partial charge in [0.1, 0.15) is 12.3 Å². The highest BCUT2D eigenvalue weighted by atomic mass is 16.5.